The minimum Gasteiger partial charge on any atom is -0.494 e. The van der Waals surface area contributed by atoms with Crippen molar-refractivity contribution in [2.75, 3.05) is 13.2 Å². The van der Waals surface area contributed by atoms with Crippen LogP contribution < -0.4 is 10.5 Å². The van der Waals surface area contributed by atoms with Crippen LogP contribution in [0.2, 0.25) is 0 Å². The Morgan fingerprint density at radius 1 is 1.17 bits per heavy atom. The molecule has 1 unspecified atom stereocenters. The first-order valence-electron chi connectivity index (χ1n) is 8.21. The molecule has 1 heterocycles. The van der Waals surface area contributed by atoms with Crippen molar-refractivity contribution in [3.05, 3.63) is 65.4 Å². The number of ether oxygens (including phenoxy) is 1. The van der Waals surface area contributed by atoms with Gasteiger partial charge in [0.05, 0.1) is 6.61 Å². The third-order valence-corrected chi connectivity index (χ3v) is 4.33. The molecule has 0 bridgehead atoms. The summed E-state index contributed by atoms with van der Waals surface area (Å²) < 4.78 is 5.76. The molecule has 23 heavy (non-hydrogen) atoms. The van der Waals surface area contributed by atoms with Crippen molar-refractivity contribution in [1.29, 1.82) is 0 Å². The average Bonchev–Trinajstić information content (AvgIpc) is 2.97. The summed E-state index contributed by atoms with van der Waals surface area (Å²) in [6.07, 6.45) is 2.98. The van der Waals surface area contributed by atoms with Crippen molar-refractivity contribution in [1.82, 2.24) is 4.98 Å². The maximum Gasteiger partial charge on any atom is 0.122 e. The molecule has 0 radical (unpaired) electrons. The third kappa shape index (κ3) is 3.25. The van der Waals surface area contributed by atoms with Gasteiger partial charge in [-0.15, -0.1) is 0 Å². The Morgan fingerprint density at radius 3 is 2.78 bits per heavy atom. The van der Waals surface area contributed by atoms with Crippen LogP contribution in [0.3, 0.4) is 0 Å². The zero-order valence-electron chi connectivity index (χ0n) is 13.8. The van der Waals surface area contributed by atoms with Gasteiger partial charge in [-0.25, -0.2) is 0 Å². The fraction of sp³-hybridized carbons (Fsp3) is 0.300. The van der Waals surface area contributed by atoms with Gasteiger partial charge in [-0.05, 0) is 56.1 Å². The van der Waals surface area contributed by atoms with E-state index >= 15 is 0 Å². The summed E-state index contributed by atoms with van der Waals surface area (Å²) in [7, 11) is 0. The number of hydrogen-bond donors (Lipinski definition) is 2. The highest BCUT2D eigenvalue weighted by Crippen LogP contribution is 2.31. The van der Waals surface area contributed by atoms with Crippen molar-refractivity contribution in [2.45, 2.75) is 26.2 Å². The highest BCUT2D eigenvalue weighted by atomic mass is 16.5. The molecule has 0 amide bonds. The van der Waals surface area contributed by atoms with Gasteiger partial charge in [-0.2, -0.15) is 0 Å². The van der Waals surface area contributed by atoms with Gasteiger partial charge in [0.25, 0.3) is 0 Å². The molecule has 2 aromatic carbocycles. The molecule has 1 atom stereocenters. The van der Waals surface area contributed by atoms with Gasteiger partial charge in [0.15, 0.2) is 0 Å². The number of aromatic amines is 1. The lowest BCUT2D eigenvalue weighted by molar-refractivity contribution is 0.335. The molecule has 0 saturated carbocycles. The van der Waals surface area contributed by atoms with Gasteiger partial charge in [-0.1, -0.05) is 29.8 Å². The number of fused-ring (bicyclic) bond motifs is 1. The van der Waals surface area contributed by atoms with E-state index in [9.17, 15) is 0 Å². The van der Waals surface area contributed by atoms with Crippen molar-refractivity contribution in [2.24, 2.45) is 5.73 Å². The number of benzene rings is 2. The van der Waals surface area contributed by atoms with Crippen LogP contribution in [0.25, 0.3) is 10.9 Å². The van der Waals surface area contributed by atoms with E-state index in [0.29, 0.717) is 13.2 Å². The minimum atomic E-state index is 0.271. The second-order valence-electron chi connectivity index (χ2n) is 5.97. The number of H-pyrrole nitrogens is 1. The minimum absolute atomic E-state index is 0.271. The molecule has 0 fully saturated rings. The Kier molecular flexibility index (Phi) is 4.68. The standard InChI is InChI=1S/C20H24N2O/c1-3-23-20-7-5-4-6-15(20)11-16(12-21)18-13-22-19-9-8-14(2)10-17(18)19/h4-10,13,16,22H,3,11-12,21H2,1-2H3. The van der Waals surface area contributed by atoms with Gasteiger partial charge in [0, 0.05) is 23.0 Å². The first-order valence-corrected chi connectivity index (χ1v) is 8.21. The molecule has 0 spiro atoms. The van der Waals surface area contributed by atoms with E-state index < -0.39 is 0 Å². The SMILES string of the molecule is CCOc1ccccc1CC(CN)c1c[nH]c2ccc(C)cc12. The van der Waals surface area contributed by atoms with Gasteiger partial charge in [0.2, 0.25) is 0 Å². The summed E-state index contributed by atoms with van der Waals surface area (Å²) in [4.78, 5) is 3.37. The van der Waals surface area contributed by atoms with Crippen LogP contribution in [0.4, 0.5) is 0 Å². The fourth-order valence-corrected chi connectivity index (χ4v) is 3.15. The molecule has 3 nitrogen and oxygen atoms in total. The lowest BCUT2D eigenvalue weighted by atomic mass is 9.91. The smallest absolute Gasteiger partial charge is 0.122 e. The van der Waals surface area contributed by atoms with E-state index in [4.69, 9.17) is 10.5 Å². The maximum absolute atomic E-state index is 6.11. The molecule has 0 aliphatic rings. The van der Waals surface area contributed by atoms with Crippen molar-refractivity contribution in [3.63, 3.8) is 0 Å². The summed E-state index contributed by atoms with van der Waals surface area (Å²) >= 11 is 0. The van der Waals surface area contributed by atoms with Crippen LogP contribution in [0.15, 0.2) is 48.7 Å². The molecule has 120 valence electrons. The molecule has 3 heteroatoms. The van der Waals surface area contributed by atoms with Crippen LogP contribution in [0, 0.1) is 6.92 Å². The van der Waals surface area contributed by atoms with Crippen LogP contribution in [-0.4, -0.2) is 18.1 Å². The van der Waals surface area contributed by atoms with E-state index in [1.54, 1.807) is 0 Å². The van der Waals surface area contributed by atoms with Gasteiger partial charge in [-0.3, -0.25) is 0 Å². The van der Waals surface area contributed by atoms with Gasteiger partial charge in [0.1, 0.15) is 5.75 Å². The topological polar surface area (TPSA) is 51.0 Å². The van der Waals surface area contributed by atoms with Crippen LogP contribution in [0.5, 0.6) is 5.75 Å². The lowest BCUT2D eigenvalue weighted by Gasteiger charge is -2.17. The molecule has 0 aliphatic heterocycles. The zero-order valence-corrected chi connectivity index (χ0v) is 13.8. The van der Waals surface area contributed by atoms with Crippen molar-refractivity contribution >= 4 is 10.9 Å². The van der Waals surface area contributed by atoms with Gasteiger partial charge < -0.3 is 15.5 Å². The third-order valence-electron chi connectivity index (χ3n) is 4.33. The normalized spacial score (nSPS) is 12.5. The number of para-hydroxylation sites is 1. The Bertz CT molecular complexity index is 791. The summed E-state index contributed by atoms with van der Waals surface area (Å²) in [5, 5.41) is 1.27. The first-order chi connectivity index (χ1) is 11.2. The largest absolute Gasteiger partial charge is 0.494 e. The molecule has 3 N–H and O–H groups in total. The molecular weight excluding hydrogens is 284 g/mol. The number of aryl methyl sites for hydroxylation is 1. The predicted molar refractivity (Wildman–Crippen MR) is 96.1 cm³/mol. The average molecular weight is 308 g/mol. The van der Waals surface area contributed by atoms with E-state index in [1.165, 1.54) is 27.6 Å². The first kappa shape index (κ1) is 15.6. The lowest BCUT2D eigenvalue weighted by Crippen LogP contribution is -2.15. The van der Waals surface area contributed by atoms with Crippen LogP contribution in [-0.2, 0) is 6.42 Å². The van der Waals surface area contributed by atoms with Crippen molar-refractivity contribution in [3.8, 4) is 5.75 Å². The highest BCUT2D eigenvalue weighted by molar-refractivity contribution is 5.84. The molecular formula is C20H24N2O. The Balaban J connectivity index is 1.95. The van der Waals surface area contributed by atoms with Crippen LogP contribution in [0.1, 0.15) is 29.5 Å². The molecule has 3 aromatic rings. The van der Waals surface area contributed by atoms with Gasteiger partial charge >= 0.3 is 0 Å². The summed E-state index contributed by atoms with van der Waals surface area (Å²) in [5.74, 6) is 1.23. The van der Waals surface area contributed by atoms with E-state index in [1.807, 2.05) is 19.1 Å². The quantitative estimate of drug-likeness (QED) is 0.718. The van der Waals surface area contributed by atoms with Crippen LogP contribution >= 0.6 is 0 Å². The monoisotopic (exact) mass is 308 g/mol. The Morgan fingerprint density at radius 2 is 2.00 bits per heavy atom. The zero-order chi connectivity index (χ0) is 16.2. The maximum atomic E-state index is 6.11. The summed E-state index contributed by atoms with van der Waals surface area (Å²) in [6.45, 7) is 5.43. The Hall–Kier alpha value is -2.26. The fourth-order valence-electron chi connectivity index (χ4n) is 3.15. The summed E-state index contributed by atoms with van der Waals surface area (Å²) in [5.41, 5.74) is 11.1. The van der Waals surface area contributed by atoms with E-state index in [0.717, 1.165) is 12.2 Å². The molecule has 0 aliphatic carbocycles. The number of nitrogens with two attached hydrogens (primary N) is 1. The summed E-state index contributed by atoms with van der Waals surface area (Å²) in [6, 6.07) is 14.7. The van der Waals surface area contributed by atoms with Crippen molar-refractivity contribution < 1.29 is 4.74 Å². The number of aromatic nitrogens is 1. The highest BCUT2D eigenvalue weighted by Gasteiger charge is 2.17. The second-order valence-corrected chi connectivity index (χ2v) is 5.97. The number of rotatable bonds is 6. The second kappa shape index (κ2) is 6.88. The molecule has 1 aromatic heterocycles. The predicted octanol–water partition coefficient (Wildman–Crippen LogP) is 4.16. The number of hydrogen-bond acceptors (Lipinski definition) is 2. The van der Waals surface area contributed by atoms with E-state index in [2.05, 4.69) is 48.4 Å². The Labute approximate surface area is 137 Å². The molecule has 3 rings (SSSR count). The van der Waals surface area contributed by atoms with E-state index in [-0.39, 0.29) is 5.92 Å². The molecule has 0 saturated heterocycles. The number of nitrogens with one attached hydrogen (secondary N) is 1.